The Labute approximate surface area is 106 Å². The molecule has 98 valence electrons. The quantitative estimate of drug-likeness (QED) is 0.749. The number of carbonyl (C=O) groups is 2. The van der Waals surface area contributed by atoms with Crippen LogP contribution in [0.25, 0.3) is 0 Å². The van der Waals surface area contributed by atoms with Crippen molar-refractivity contribution in [3.63, 3.8) is 0 Å². The van der Waals surface area contributed by atoms with E-state index in [9.17, 15) is 9.59 Å². The molecule has 0 saturated heterocycles. The van der Waals surface area contributed by atoms with Gasteiger partial charge < -0.3 is 0 Å². The molecule has 0 fully saturated rings. The van der Waals surface area contributed by atoms with Crippen molar-refractivity contribution in [2.75, 3.05) is 28.3 Å². The molecule has 0 aliphatic heterocycles. The first-order valence-corrected chi connectivity index (χ1v) is 5.25. The molecule has 6 nitrogen and oxygen atoms in total. The topological polar surface area (TPSA) is 59.1 Å². The van der Waals surface area contributed by atoms with Gasteiger partial charge >= 0.3 is 0 Å². The van der Waals surface area contributed by atoms with Gasteiger partial charge in [-0.05, 0) is 24.3 Å². The van der Waals surface area contributed by atoms with Gasteiger partial charge in [0.1, 0.15) is 0 Å². The van der Waals surface area contributed by atoms with Gasteiger partial charge in [-0.3, -0.25) is 19.3 Å². The van der Waals surface area contributed by atoms with Crippen LogP contribution in [0.3, 0.4) is 0 Å². The van der Waals surface area contributed by atoms with E-state index in [4.69, 9.17) is 9.68 Å². The smallest absolute Gasteiger partial charge is 0.274 e. The number of hydroxylamine groups is 4. The van der Waals surface area contributed by atoms with Gasteiger partial charge in [-0.1, -0.05) is 0 Å². The fourth-order valence-corrected chi connectivity index (χ4v) is 1.28. The fraction of sp³-hybridized carbons (Fsp3) is 0.333. The summed E-state index contributed by atoms with van der Waals surface area (Å²) >= 11 is 0. The largest absolute Gasteiger partial charge is 0.277 e. The van der Waals surface area contributed by atoms with E-state index in [-0.39, 0.29) is 11.8 Å². The Kier molecular flexibility index (Phi) is 4.82. The number of hydrogen-bond acceptors (Lipinski definition) is 4. The molecule has 18 heavy (non-hydrogen) atoms. The Morgan fingerprint density at radius 2 is 1.11 bits per heavy atom. The molecule has 0 aliphatic rings. The minimum absolute atomic E-state index is 0.281. The molecule has 0 N–H and O–H groups in total. The molecule has 1 aromatic rings. The SMILES string of the molecule is CON(C)C(=O)c1ccc(C(=O)N(C)OC)cc1. The van der Waals surface area contributed by atoms with E-state index in [2.05, 4.69) is 0 Å². The first kappa shape index (κ1) is 14.1. The summed E-state index contributed by atoms with van der Waals surface area (Å²) in [4.78, 5) is 33.0. The van der Waals surface area contributed by atoms with Crippen molar-refractivity contribution in [3.8, 4) is 0 Å². The average molecular weight is 252 g/mol. The first-order chi connectivity index (χ1) is 8.51. The van der Waals surface area contributed by atoms with Crippen molar-refractivity contribution in [2.24, 2.45) is 0 Å². The van der Waals surface area contributed by atoms with E-state index in [0.717, 1.165) is 10.1 Å². The maximum atomic E-state index is 11.7. The molecule has 6 heteroatoms. The van der Waals surface area contributed by atoms with E-state index in [1.54, 1.807) is 24.3 Å². The highest BCUT2D eigenvalue weighted by atomic mass is 16.7. The summed E-state index contributed by atoms with van der Waals surface area (Å²) in [5.74, 6) is -0.562. The van der Waals surface area contributed by atoms with Gasteiger partial charge in [0, 0.05) is 25.2 Å². The average Bonchev–Trinajstić information content (AvgIpc) is 2.44. The van der Waals surface area contributed by atoms with Gasteiger partial charge in [0.25, 0.3) is 11.8 Å². The second-order valence-corrected chi connectivity index (χ2v) is 3.55. The summed E-state index contributed by atoms with van der Waals surface area (Å²) in [6, 6.07) is 6.26. The lowest BCUT2D eigenvalue weighted by Gasteiger charge is -2.15. The summed E-state index contributed by atoms with van der Waals surface area (Å²) in [5, 5.41) is 2.22. The minimum Gasteiger partial charge on any atom is -0.274 e. The van der Waals surface area contributed by atoms with Crippen LogP contribution in [0.1, 0.15) is 20.7 Å². The van der Waals surface area contributed by atoms with Crippen molar-refractivity contribution < 1.29 is 19.3 Å². The minimum atomic E-state index is -0.281. The van der Waals surface area contributed by atoms with Gasteiger partial charge in [0.2, 0.25) is 0 Å². The van der Waals surface area contributed by atoms with Crippen molar-refractivity contribution in [2.45, 2.75) is 0 Å². The molecule has 0 atom stereocenters. The molecular formula is C12H16N2O4. The number of benzene rings is 1. The first-order valence-electron chi connectivity index (χ1n) is 5.25. The van der Waals surface area contributed by atoms with Crippen LogP contribution in [-0.2, 0) is 9.68 Å². The fourth-order valence-electron chi connectivity index (χ4n) is 1.28. The predicted molar refractivity (Wildman–Crippen MR) is 64.6 cm³/mol. The molecule has 0 aromatic heterocycles. The Morgan fingerprint density at radius 1 is 0.833 bits per heavy atom. The third-order valence-electron chi connectivity index (χ3n) is 2.50. The second kappa shape index (κ2) is 6.13. The molecule has 0 saturated carbocycles. The second-order valence-electron chi connectivity index (χ2n) is 3.55. The normalized spacial score (nSPS) is 10.0. The zero-order valence-corrected chi connectivity index (χ0v) is 10.8. The number of amides is 2. The van der Waals surface area contributed by atoms with Crippen LogP contribution < -0.4 is 0 Å². The Bertz CT molecular complexity index is 389. The Morgan fingerprint density at radius 3 is 1.33 bits per heavy atom. The van der Waals surface area contributed by atoms with Gasteiger partial charge in [-0.25, -0.2) is 10.1 Å². The monoisotopic (exact) mass is 252 g/mol. The van der Waals surface area contributed by atoms with E-state index in [1.807, 2.05) is 0 Å². The Hall–Kier alpha value is -1.92. The van der Waals surface area contributed by atoms with Crippen molar-refractivity contribution in [1.29, 1.82) is 0 Å². The molecule has 0 radical (unpaired) electrons. The van der Waals surface area contributed by atoms with E-state index >= 15 is 0 Å². The third kappa shape index (κ3) is 3.06. The van der Waals surface area contributed by atoms with Gasteiger partial charge in [-0.2, -0.15) is 0 Å². The van der Waals surface area contributed by atoms with Crippen LogP contribution in [0.4, 0.5) is 0 Å². The van der Waals surface area contributed by atoms with Crippen LogP contribution in [0.5, 0.6) is 0 Å². The number of rotatable bonds is 4. The maximum absolute atomic E-state index is 11.7. The third-order valence-corrected chi connectivity index (χ3v) is 2.50. The van der Waals surface area contributed by atoms with Gasteiger partial charge in [0.05, 0.1) is 14.2 Å². The Balaban J connectivity index is 2.86. The molecule has 1 aromatic carbocycles. The summed E-state index contributed by atoms with van der Waals surface area (Å²) in [5.41, 5.74) is 0.881. The summed E-state index contributed by atoms with van der Waals surface area (Å²) in [7, 11) is 5.84. The van der Waals surface area contributed by atoms with E-state index < -0.39 is 0 Å². The number of hydrogen-bond donors (Lipinski definition) is 0. The molecule has 2 amide bonds. The van der Waals surface area contributed by atoms with Crippen molar-refractivity contribution in [3.05, 3.63) is 35.4 Å². The maximum Gasteiger partial charge on any atom is 0.277 e. The molecule has 0 aliphatic carbocycles. The highest BCUT2D eigenvalue weighted by Gasteiger charge is 2.14. The highest BCUT2D eigenvalue weighted by Crippen LogP contribution is 2.09. The van der Waals surface area contributed by atoms with Gasteiger partial charge in [0.15, 0.2) is 0 Å². The molecular weight excluding hydrogens is 236 g/mol. The molecule has 0 spiro atoms. The molecule has 0 heterocycles. The van der Waals surface area contributed by atoms with Crippen LogP contribution >= 0.6 is 0 Å². The van der Waals surface area contributed by atoms with Crippen molar-refractivity contribution in [1.82, 2.24) is 10.1 Å². The lowest BCUT2D eigenvalue weighted by atomic mass is 10.1. The lowest BCUT2D eigenvalue weighted by Crippen LogP contribution is -2.26. The van der Waals surface area contributed by atoms with Crippen LogP contribution in [0.15, 0.2) is 24.3 Å². The summed E-state index contributed by atoms with van der Waals surface area (Å²) in [6.45, 7) is 0. The highest BCUT2D eigenvalue weighted by molar-refractivity contribution is 5.97. The van der Waals surface area contributed by atoms with E-state index in [0.29, 0.717) is 11.1 Å². The van der Waals surface area contributed by atoms with Gasteiger partial charge in [-0.15, -0.1) is 0 Å². The van der Waals surface area contributed by atoms with Crippen LogP contribution in [-0.4, -0.2) is 50.3 Å². The molecule has 1 rings (SSSR count). The summed E-state index contributed by atoms with van der Waals surface area (Å²) in [6.07, 6.45) is 0. The number of carbonyl (C=O) groups excluding carboxylic acids is 2. The molecule has 0 bridgehead atoms. The molecule has 0 unspecified atom stereocenters. The number of nitrogens with zero attached hydrogens (tertiary/aromatic N) is 2. The van der Waals surface area contributed by atoms with E-state index in [1.165, 1.54) is 28.3 Å². The lowest BCUT2D eigenvalue weighted by molar-refractivity contribution is -0.0760. The van der Waals surface area contributed by atoms with Crippen LogP contribution in [0, 0.1) is 0 Å². The summed E-state index contributed by atoms with van der Waals surface area (Å²) < 4.78 is 0. The standard InChI is InChI=1S/C12H16N2O4/c1-13(17-3)11(15)9-5-7-10(8-6-9)12(16)14(2)18-4/h5-8H,1-4H3. The van der Waals surface area contributed by atoms with Crippen LogP contribution in [0.2, 0.25) is 0 Å². The van der Waals surface area contributed by atoms with Crippen molar-refractivity contribution >= 4 is 11.8 Å². The predicted octanol–water partition coefficient (Wildman–Crippen LogP) is 0.953. The zero-order valence-electron chi connectivity index (χ0n) is 10.8. The zero-order chi connectivity index (χ0) is 13.7.